The highest BCUT2D eigenvalue weighted by molar-refractivity contribution is 5.90. The average Bonchev–Trinajstić information content (AvgIpc) is 2.93. The van der Waals surface area contributed by atoms with E-state index in [1.807, 2.05) is 6.08 Å². The number of hydrogen-bond donors (Lipinski definition) is 3. The van der Waals surface area contributed by atoms with E-state index in [4.69, 9.17) is 5.11 Å². The van der Waals surface area contributed by atoms with E-state index in [1.54, 1.807) is 30.3 Å². The Morgan fingerprint density at radius 3 is 2.65 bits per heavy atom. The number of rotatable bonds is 5. The van der Waals surface area contributed by atoms with Crippen LogP contribution >= 0.6 is 0 Å². The predicted molar refractivity (Wildman–Crippen MR) is 81.1 cm³/mol. The molecule has 4 nitrogen and oxygen atoms in total. The van der Waals surface area contributed by atoms with Crippen molar-refractivity contribution in [3.63, 3.8) is 0 Å². The molecule has 0 saturated carbocycles. The second kappa shape index (κ2) is 7.50. The Morgan fingerprint density at radius 2 is 2.00 bits per heavy atom. The van der Waals surface area contributed by atoms with Gasteiger partial charge in [0.2, 0.25) is 0 Å². The molecule has 0 unspecified atom stereocenters. The summed E-state index contributed by atoms with van der Waals surface area (Å²) < 4.78 is 37.0. The summed E-state index contributed by atoms with van der Waals surface area (Å²) in [6, 6.07) is 5.78. The van der Waals surface area contributed by atoms with E-state index in [-0.39, 0.29) is 25.0 Å². The normalized spacial score (nSPS) is 20.5. The topological polar surface area (TPSA) is 61.4 Å². The molecule has 3 N–H and O–H groups in total. The number of halogens is 3. The van der Waals surface area contributed by atoms with Gasteiger partial charge in [-0.25, -0.2) is 4.79 Å². The van der Waals surface area contributed by atoms with Crippen LogP contribution in [0.4, 0.5) is 23.7 Å². The van der Waals surface area contributed by atoms with Gasteiger partial charge >= 0.3 is 12.2 Å². The molecule has 2 rings (SSSR count). The van der Waals surface area contributed by atoms with E-state index >= 15 is 0 Å². The number of hydrogen-bond acceptors (Lipinski definition) is 2. The predicted octanol–water partition coefficient (Wildman–Crippen LogP) is 3.24. The lowest BCUT2D eigenvalue weighted by Crippen LogP contribution is -2.36. The lowest BCUT2D eigenvalue weighted by atomic mass is 10.1. The van der Waals surface area contributed by atoms with Crippen molar-refractivity contribution in [2.75, 3.05) is 11.9 Å². The second-order valence-corrected chi connectivity index (χ2v) is 5.54. The summed E-state index contributed by atoms with van der Waals surface area (Å²) in [5.41, 5.74) is 0.810. The summed E-state index contributed by atoms with van der Waals surface area (Å²) in [5.74, 6) is 0.0272. The largest absolute Gasteiger partial charge is 0.396 e. The first-order valence-electron chi connectivity index (χ1n) is 7.39. The number of carbonyl (C=O) groups excluding carboxylic acids is 1. The maximum atomic E-state index is 12.3. The van der Waals surface area contributed by atoms with Crippen molar-refractivity contribution in [2.45, 2.75) is 31.5 Å². The molecule has 0 aliphatic heterocycles. The van der Waals surface area contributed by atoms with Crippen molar-refractivity contribution in [2.24, 2.45) is 5.92 Å². The van der Waals surface area contributed by atoms with Crippen molar-refractivity contribution in [1.29, 1.82) is 0 Å². The van der Waals surface area contributed by atoms with Crippen LogP contribution in [0.1, 0.15) is 18.4 Å². The molecule has 0 bridgehead atoms. The Hall–Kier alpha value is -2.02. The number of carbonyl (C=O) groups is 1. The van der Waals surface area contributed by atoms with Gasteiger partial charge in [0, 0.05) is 30.7 Å². The van der Waals surface area contributed by atoms with Crippen LogP contribution in [0.3, 0.4) is 0 Å². The third-order valence-corrected chi connectivity index (χ3v) is 3.67. The van der Waals surface area contributed by atoms with Crippen LogP contribution in [0.2, 0.25) is 0 Å². The first-order chi connectivity index (χ1) is 10.9. The monoisotopic (exact) mass is 328 g/mol. The molecular formula is C16H19F3N2O2. The Morgan fingerprint density at radius 1 is 1.26 bits per heavy atom. The molecule has 1 aliphatic rings. The molecule has 0 radical (unpaired) electrons. The average molecular weight is 328 g/mol. The van der Waals surface area contributed by atoms with Gasteiger partial charge in [-0.2, -0.15) is 13.2 Å². The van der Waals surface area contributed by atoms with Crippen molar-refractivity contribution in [1.82, 2.24) is 5.32 Å². The summed E-state index contributed by atoms with van der Waals surface area (Å²) in [7, 11) is 0. The van der Waals surface area contributed by atoms with Crippen LogP contribution in [-0.2, 0) is 6.42 Å². The maximum Gasteiger partial charge on any atom is 0.389 e. The highest BCUT2D eigenvalue weighted by Crippen LogP contribution is 2.25. The highest BCUT2D eigenvalue weighted by atomic mass is 19.4. The Labute approximate surface area is 132 Å². The summed E-state index contributed by atoms with van der Waals surface area (Å²) in [5, 5.41) is 14.4. The molecule has 126 valence electrons. The first kappa shape index (κ1) is 17.3. The van der Waals surface area contributed by atoms with Gasteiger partial charge in [0.25, 0.3) is 0 Å². The van der Waals surface area contributed by atoms with Gasteiger partial charge in [0.15, 0.2) is 0 Å². The zero-order valence-electron chi connectivity index (χ0n) is 12.4. The molecule has 2 amide bonds. The van der Waals surface area contributed by atoms with E-state index in [1.165, 1.54) is 0 Å². The molecule has 7 heteroatoms. The standard InChI is InChI=1S/C16H19F3N2O2/c17-16(18,19)8-7-12-3-1-2-4-14(12)21-15(23)20-13-6-5-11(9-13)10-22/h1-6,11,13,22H,7-10H2,(H2,20,21,23)/t11-,13+/m0/s1. The molecule has 1 aromatic carbocycles. The third kappa shape index (κ3) is 5.59. The Kier molecular flexibility index (Phi) is 5.65. The van der Waals surface area contributed by atoms with E-state index < -0.39 is 18.6 Å². The lowest BCUT2D eigenvalue weighted by molar-refractivity contribution is -0.133. The zero-order chi connectivity index (χ0) is 16.9. The van der Waals surface area contributed by atoms with E-state index in [9.17, 15) is 18.0 Å². The van der Waals surface area contributed by atoms with Gasteiger partial charge in [-0.05, 0) is 24.5 Å². The number of nitrogens with one attached hydrogen (secondary N) is 2. The number of urea groups is 1. The summed E-state index contributed by atoms with van der Waals surface area (Å²) in [6.07, 6.45) is -1.10. The number of aliphatic hydroxyl groups excluding tert-OH is 1. The molecule has 0 heterocycles. The fourth-order valence-electron chi connectivity index (χ4n) is 2.48. The van der Waals surface area contributed by atoms with E-state index in [0.717, 1.165) is 0 Å². The molecule has 0 fully saturated rings. The third-order valence-electron chi connectivity index (χ3n) is 3.67. The highest BCUT2D eigenvalue weighted by Gasteiger charge is 2.27. The number of aliphatic hydroxyl groups is 1. The van der Waals surface area contributed by atoms with Crippen LogP contribution in [0, 0.1) is 5.92 Å². The smallest absolute Gasteiger partial charge is 0.389 e. The van der Waals surface area contributed by atoms with E-state index in [0.29, 0.717) is 17.7 Å². The van der Waals surface area contributed by atoms with Crippen molar-refractivity contribution >= 4 is 11.7 Å². The minimum absolute atomic E-state index is 0.0244. The van der Waals surface area contributed by atoms with Gasteiger partial charge in [-0.3, -0.25) is 0 Å². The molecular weight excluding hydrogens is 309 g/mol. The fourth-order valence-corrected chi connectivity index (χ4v) is 2.48. The Balaban J connectivity index is 1.92. The zero-order valence-corrected chi connectivity index (χ0v) is 12.4. The minimum Gasteiger partial charge on any atom is -0.396 e. The fraction of sp³-hybridized carbons (Fsp3) is 0.438. The summed E-state index contributed by atoms with van der Waals surface area (Å²) in [6.45, 7) is 0.0244. The number of alkyl halides is 3. The van der Waals surface area contributed by atoms with Crippen molar-refractivity contribution in [3.8, 4) is 0 Å². The molecule has 23 heavy (non-hydrogen) atoms. The number of benzene rings is 1. The summed E-state index contributed by atoms with van der Waals surface area (Å²) in [4.78, 5) is 12.0. The van der Waals surface area contributed by atoms with Gasteiger partial charge in [0.1, 0.15) is 0 Å². The van der Waals surface area contributed by atoms with Crippen LogP contribution in [0.25, 0.3) is 0 Å². The van der Waals surface area contributed by atoms with Gasteiger partial charge < -0.3 is 15.7 Å². The van der Waals surface area contributed by atoms with Crippen LogP contribution in [-0.4, -0.2) is 30.0 Å². The van der Waals surface area contributed by atoms with Gasteiger partial charge in [0.05, 0.1) is 0 Å². The molecule has 1 aliphatic carbocycles. The number of aryl methyl sites for hydroxylation is 1. The van der Waals surface area contributed by atoms with Crippen LogP contribution in [0.15, 0.2) is 36.4 Å². The lowest BCUT2D eigenvalue weighted by Gasteiger charge is -2.16. The molecule has 0 spiro atoms. The number of para-hydroxylation sites is 1. The molecule has 0 aromatic heterocycles. The van der Waals surface area contributed by atoms with Crippen molar-refractivity contribution < 1.29 is 23.1 Å². The Bertz CT molecular complexity index is 573. The van der Waals surface area contributed by atoms with Gasteiger partial charge in [-0.15, -0.1) is 0 Å². The van der Waals surface area contributed by atoms with Gasteiger partial charge in [-0.1, -0.05) is 30.4 Å². The SMILES string of the molecule is O=C(Nc1ccccc1CCC(F)(F)F)N[C@@H]1C=C[C@H](CO)C1. The first-order valence-corrected chi connectivity index (χ1v) is 7.39. The summed E-state index contributed by atoms with van der Waals surface area (Å²) >= 11 is 0. The molecule has 2 atom stereocenters. The van der Waals surface area contributed by atoms with Crippen LogP contribution < -0.4 is 10.6 Å². The van der Waals surface area contributed by atoms with Crippen LogP contribution in [0.5, 0.6) is 0 Å². The maximum absolute atomic E-state index is 12.3. The van der Waals surface area contributed by atoms with E-state index in [2.05, 4.69) is 10.6 Å². The molecule has 0 saturated heterocycles. The molecule has 1 aromatic rings. The van der Waals surface area contributed by atoms with Crippen molar-refractivity contribution in [3.05, 3.63) is 42.0 Å². The minimum atomic E-state index is -4.23. The second-order valence-electron chi connectivity index (χ2n) is 5.54. The number of anilines is 1. The quantitative estimate of drug-likeness (QED) is 0.727. The number of amides is 2.